The lowest BCUT2D eigenvalue weighted by molar-refractivity contribution is -0.148. The highest BCUT2D eigenvalue weighted by Gasteiger charge is 2.31. The Balaban J connectivity index is 1.94. The number of aromatic nitrogens is 1. The number of halogens is 5. The van der Waals surface area contributed by atoms with Crippen LogP contribution in [0.2, 0.25) is 5.02 Å². The van der Waals surface area contributed by atoms with Crippen LogP contribution in [0, 0.1) is 5.82 Å². The van der Waals surface area contributed by atoms with Crippen LogP contribution in [0.1, 0.15) is 5.56 Å². The zero-order valence-electron chi connectivity index (χ0n) is 13.3. The Kier molecular flexibility index (Phi) is 6.21. The van der Waals surface area contributed by atoms with Crippen molar-refractivity contribution in [3.8, 4) is 0 Å². The Labute approximate surface area is 154 Å². The lowest BCUT2D eigenvalue weighted by Crippen LogP contribution is -2.28. The van der Waals surface area contributed by atoms with Crippen LogP contribution in [0.15, 0.2) is 41.3 Å². The van der Waals surface area contributed by atoms with E-state index >= 15 is 0 Å². The molecule has 0 aliphatic carbocycles. The van der Waals surface area contributed by atoms with Crippen molar-refractivity contribution in [3.05, 3.63) is 63.3 Å². The summed E-state index contributed by atoms with van der Waals surface area (Å²) in [7, 11) is 0. The van der Waals surface area contributed by atoms with E-state index in [1.165, 1.54) is 6.07 Å². The molecule has 0 atom stereocenters. The monoisotopic (exact) mass is 406 g/mol. The fraction of sp³-hybridized carbons (Fsp3) is 0.188. The minimum absolute atomic E-state index is 0.0770. The van der Waals surface area contributed by atoms with Crippen LogP contribution in [0.5, 0.6) is 0 Å². The lowest BCUT2D eigenvalue weighted by atomic mass is 10.3. The van der Waals surface area contributed by atoms with E-state index in [2.05, 4.69) is 10.1 Å². The lowest BCUT2D eigenvalue weighted by Gasteiger charge is -2.11. The van der Waals surface area contributed by atoms with Crippen molar-refractivity contribution in [3.63, 3.8) is 0 Å². The van der Waals surface area contributed by atoms with E-state index < -0.39 is 48.1 Å². The summed E-state index contributed by atoms with van der Waals surface area (Å²) >= 11 is 5.72. The minimum Gasteiger partial charge on any atom is -0.454 e. The number of nitrogens with zero attached hydrogens (tertiary/aromatic N) is 1. The van der Waals surface area contributed by atoms with Crippen LogP contribution >= 0.6 is 11.6 Å². The van der Waals surface area contributed by atoms with Gasteiger partial charge < -0.3 is 14.6 Å². The summed E-state index contributed by atoms with van der Waals surface area (Å²) < 4.78 is 56.0. The highest BCUT2D eigenvalue weighted by molar-refractivity contribution is 6.33. The number of benzene rings is 1. The van der Waals surface area contributed by atoms with Crippen molar-refractivity contribution in [1.29, 1.82) is 0 Å². The third-order valence-electron chi connectivity index (χ3n) is 3.18. The summed E-state index contributed by atoms with van der Waals surface area (Å²) in [6.45, 7) is -1.59. The van der Waals surface area contributed by atoms with Crippen molar-refractivity contribution in [2.45, 2.75) is 12.7 Å². The molecule has 27 heavy (non-hydrogen) atoms. The van der Waals surface area contributed by atoms with Gasteiger partial charge in [-0.05, 0) is 24.3 Å². The van der Waals surface area contributed by atoms with Crippen LogP contribution in [0.3, 0.4) is 0 Å². The van der Waals surface area contributed by atoms with Crippen molar-refractivity contribution < 1.29 is 31.9 Å². The number of rotatable bonds is 5. The molecule has 1 heterocycles. The molecule has 0 aliphatic rings. The van der Waals surface area contributed by atoms with Gasteiger partial charge in [0, 0.05) is 12.3 Å². The predicted octanol–water partition coefficient (Wildman–Crippen LogP) is 2.84. The second-order valence-electron chi connectivity index (χ2n) is 5.21. The second kappa shape index (κ2) is 8.21. The maximum atomic E-state index is 12.9. The third-order valence-corrected chi connectivity index (χ3v) is 3.49. The minimum atomic E-state index is -4.69. The van der Waals surface area contributed by atoms with Gasteiger partial charge in [-0.1, -0.05) is 11.6 Å². The highest BCUT2D eigenvalue weighted by atomic mass is 35.5. The molecule has 2 rings (SSSR count). The molecule has 1 N–H and O–H groups in total. The molecule has 2 aromatic rings. The number of nitrogens with one attached hydrogen (secondary N) is 1. The summed E-state index contributed by atoms with van der Waals surface area (Å²) in [5.41, 5.74) is -1.88. The number of anilines is 1. The molecule has 11 heteroatoms. The molecule has 0 radical (unpaired) electrons. The van der Waals surface area contributed by atoms with Gasteiger partial charge in [0.1, 0.15) is 12.4 Å². The quantitative estimate of drug-likeness (QED) is 0.612. The third kappa shape index (κ3) is 5.81. The molecule has 0 aliphatic heterocycles. The number of hydrogen-bond acceptors (Lipinski definition) is 4. The zero-order chi connectivity index (χ0) is 20.2. The number of carbonyl (C=O) groups is 2. The summed E-state index contributed by atoms with van der Waals surface area (Å²) in [6.07, 6.45) is -4.21. The standard InChI is InChI=1S/C16H11ClF4N2O4/c17-11-5-10(18)2-3-12(11)22-13(24)8-27-15(26)7-23-6-9(16(19,20)21)1-4-14(23)25/h1-6H,7-8H2,(H,22,24). The first kappa shape index (κ1) is 20.4. The van der Waals surface area contributed by atoms with Crippen molar-refractivity contribution in [1.82, 2.24) is 4.57 Å². The summed E-state index contributed by atoms with van der Waals surface area (Å²) in [4.78, 5) is 34.9. The number of ether oxygens (including phenoxy) is 1. The van der Waals surface area contributed by atoms with E-state index in [0.29, 0.717) is 22.9 Å². The van der Waals surface area contributed by atoms with Gasteiger partial charge in [-0.15, -0.1) is 0 Å². The maximum Gasteiger partial charge on any atom is 0.417 e. The van der Waals surface area contributed by atoms with E-state index in [4.69, 9.17) is 11.6 Å². The summed E-state index contributed by atoms with van der Waals surface area (Å²) in [6, 6.07) is 4.46. The molecular weight excluding hydrogens is 396 g/mol. The smallest absolute Gasteiger partial charge is 0.417 e. The average molecular weight is 407 g/mol. The SMILES string of the molecule is O=C(COC(=O)Cn1cc(C(F)(F)F)ccc1=O)Nc1ccc(F)cc1Cl. The number of esters is 1. The van der Waals surface area contributed by atoms with E-state index in [9.17, 15) is 31.9 Å². The van der Waals surface area contributed by atoms with Crippen LogP contribution in [0.25, 0.3) is 0 Å². The second-order valence-corrected chi connectivity index (χ2v) is 5.62. The van der Waals surface area contributed by atoms with Gasteiger partial charge in [0.25, 0.3) is 11.5 Å². The number of carbonyl (C=O) groups excluding carboxylic acids is 2. The fourth-order valence-corrected chi connectivity index (χ4v) is 2.14. The largest absolute Gasteiger partial charge is 0.454 e. The molecule has 0 saturated heterocycles. The molecule has 1 amide bonds. The van der Waals surface area contributed by atoms with E-state index in [0.717, 1.165) is 12.1 Å². The topological polar surface area (TPSA) is 77.4 Å². The van der Waals surface area contributed by atoms with Gasteiger partial charge >= 0.3 is 12.1 Å². The summed E-state index contributed by atoms with van der Waals surface area (Å²) in [5.74, 6) is -2.53. The molecule has 0 unspecified atom stereocenters. The first-order valence-electron chi connectivity index (χ1n) is 7.24. The van der Waals surface area contributed by atoms with E-state index in [1.54, 1.807) is 0 Å². The zero-order valence-corrected chi connectivity index (χ0v) is 14.1. The predicted molar refractivity (Wildman–Crippen MR) is 86.7 cm³/mol. The Morgan fingerprint density at radius 3 is 2.52 bits per heavy atom. The van der Waals surface area contributed by atoms with Crippen molar-refractivity contribution in [2.75, 3.05) is 11.9 Å². The summed E-state index contributed by atoms with van der Waals surface area (Å²) in [5, 5.41) is 2.19. The Morgan fingerprint density at radius 2 is 1.89 bits per heavy atom. The normalized spacial score (nSPS) is 11.1. The number of amides is 1. The Bertz CT molecular complexity index is 927. The van der Waals surface area contributed by atoms with Gasteiger partial charge in [0.15, 0.2) is 6.61 Å². The van der Waals surface area contributed by atoms with Crippen LogP contribution in [0.4, 0.5) is 23.2 Å². The van der Waals surface area contributed by atoms with Crippen LogP contribution in [-0.4, -0.2) is 23.1 Å². The van der Waals surface area contributed by atoms with Gasteiger partial charge in [0.2, 0.25) is 0 Å². The Morgan fingerprint density at radius 1 is 1.19 bits per heavy atom. The van der Waals surface area contributed by atoms with Crippen molar-refractivity contribution in [2.24, 2.45) is 0 Å². The molecule has 0 fully saturated rings. The van der Waals surface area contributed by atoms with Gasteiger partial charge in [-0.25, -0.2) is 4.39 Å². The average Bonchev–Trinajstić information content (AvgIpc) is 2.56. The van der Waals surface area contributed by atoms with Crippen LogP contribution < -0.4 is 10.9 Å². The first-order valence-corrected chi connectivity index (χ1v) is 7.62. The number of alkyl halides is 3. The Hall–Kier alpha value is -2.88. The van der Waals surface area contributed by atoms with Gasteiger partial charge in [0.05, 0.1) is 16.3 Å². The molecule has 144 valence electrons. The first-order chi connectivity index (χ1) is 12.6. The highest BCUT2D eigenvalue weighted by Crippen LogP contribution is 2.28. The maximum absolute atomic E-state index is 12.9. The van der Waals surface area contributed by atoms with Crippen LogP contribution in [-0.2, 0) is 27.0 Å². The molecule has 0 bridgehead atoms. The molecule has 1 aromatic carbocycles. The molecular formula is C16H11ClF4N2O4. The molecule has 0 spiro atoms. The molecule has 6 nitrogen and oxygen atoms in total. The molecule has 1 aromatic heterocycles. The van der Waals surface area contributed by atoms with E-state index in [1.807, 2.05) is 0 Å². The molecule has 0 saturated carbocycles. The number of pyridine rings is 1. The van der Waals surface area contributed by atoms with Gasteiger partial charge in [-0.3, -0.25) is 14.4 Å². The van der Waals surface area contributed by atoms with E-state index in [-0.39, 0.29) is 10.7 Å². The van der Waals surface area contributed by atoms with Crippen molar-refractivity contribution >= 4 is 29.2 Å². The number of hydrogen-bond donors (Lipinski definition) is 1. The van der Waals surface area contributed by atoms with Gasteiger partial charge in [-0.2, -0.15) is 13.2 Å². The fourth-order valence-electron chi connectivity index (χ4n) is 1.93.